The van der Waals surface area contributed by atoms with E-state index in [-0.39, 0.29) is 5.82 Å². The van der Waals surface area contributed by atoms with Crippen molar-refractivity contribution in [1.82, 2.24) is 19.6 Å². The lowest BCUT2D eigenvalue weighted by atomic mass is 10.3. The molecule has 0 saturated carbocycles. The number of aromatic nitrogens is 4. The molecule has 0 aliphatic rings. The molecule has 2 heterocycles. The van der Waals surface area contributed by atoms with Crippen molar-refractivity contribution in [3.8, 4) is 0 Å². The second-order valence-electron chi connectivity index (χ2n) is 3.82. The summed E-state index contributed by atoms with van der Waals surface area (Å²) in [4.78, 5) is 15.3. The zero-order valence-corrected chi connectivity index (χ0v) is 9.57. The van der Waals surface area contributed by atoms with Gasteiger partial charge in [-0.3, -0.25) is 0 Å². The second kappa shape index (κ2) is 4.33. The van der Waals surface area contributed by atoms with Crippen LogP contribution in [-0.2, 0) is 0 Å². The van der Waals surface area contributed by atoms with Crippen LogP contribution in [0.5, 0.6) is 0 Å². The van der Waals surface area contributed by atoms with Crippen molar-refractivity contribution in [3.05, 3.63) is 22.4 Å². The number of nitrogens with two attached hydrogens (primary N) is 1. The maximum atomic E-state index is 13.0. The minimum absolute atomic E-state index is 0.215. The van der Waals surface area contributed by atoms with Crippen LogP contribution in [-0.4, -0.2) is 38.6 Å². The summed E-state index contributed by atoms with van der Waals surface area (Å²) >= 11 is 0. The summed E-state index contributed by atoms with van der Waals surface area (Å²) in [5, 5.41) is 8.45. The van der Waals surface area contributed by atoms with Gasteiger partial charge in [0.15, 0.2) is 5.65 Å². The van der Waals surface area contributed by atoms with E-state index in [2.05, 4.69) is 20.5 Å². The zero-order chi connectivity index (χ0) is 13.3. The average Bonchev–Trinajstić information content (AvgIpc) is 2.69. The number of rotatable bonds is 4. The normalized spacial score (nSPS) is 12.0. The Labute approximate surface area is 100 Å². The first-order valence-electron chi connectivity index (χ1n) is 5.19. The fourth-order valence-electron chi connectivity index (χ4n) is 1.48. The summed E-state index contributed by atoms with van der Waals surface area (Å²) in [6.07, 6.45) is 0. The molecule has 0 spiro atoms. The highest BCUT2D eigenvalue weighted by atomic mass is 19.3. The third-order valence-corrected chi connectivity index (χ3v) is 2.40. The molecule has 0 fully saturated rings. The van der Waals surface area contributed by atoms with Crippen LogP contribution in [0.15, 0.2) is 10.9 Å². The van der Waals surface area contributed by atoms with Gasteiger partial charge < -0.3 is 11.1 Å². The molecule has 0 aliphatic heterocycles. The number of aromatic amines is 1. The number of fused-ring (bicyclic) bond motifs is 1. The molecular weight excluding hydrogens is 246 g/mol. The molecule has 98 valence electrons. The number of hydrogen-bond acceptors (Lipinski definition) is 5. The molecule has 0 atom stereocenters. The lowest BCUT2D eigenvalue weighted by Gasteiger charge is -2.15. The van der Waals surface area contributed by atoms with Crippen LogP contribution in [0.25, 0.3) is 5.65 Å². The van der Waals surface area contributed by atoms with Gasteiger partial charge in [0.1, 0.15) is 11.6 Å². The van der Waals surface area contributed by atoms with E-state index in [1.807, 2.05) is 0 Å². The highest BCUT2D eigenvalue weighted by Gasteiger charge is 2.26. The molecule has 2 aromatic rings. The third-order valence-electron chi connectivity index (χ3n) is 2.40. The molecule has 4 N–H and O–H groups in total. The van der Waals surface area contributed by atoms with Gasteiger partial charge in [-0.25, -0.2) is 28.1 Å². The predicted octanol–water partition coefficient (Wildman–Crippen LogP) is -0.268. The van der Waals surface area contributed by atoms with E-state index >= 15 is 0 Å². The van der Waals surface area contributed by atoms with Crippen LogP contribution in [0.2, 0.25) is 0 Å². The summed E-state index contributed by atoms with van der Waals surface area (Å²) in [5.74, 6) is -2.44. The molecule has 2 rings (SSSR count). The van der Waals surface area contributed by atoms with E-state index in [9.17, 15) is 13.6 Å². The molecule has 0 bridgehead atoms. The number of halogens is 2. The molecule has 0 aliphatic carbocycles. The van der Waals surface area contributed by atoms with E-state index in [0.717, 1.165) is 0 Å². The number of nitrogens with one attached hydrogen (secondary N) is 2. The highest BCUT2D eigenvalue weighted by molar-refractivity contribution is 5.49. The summed E-state index contributed by atoms with van der Waals surface area (Å²) in [5.41, 5.74) is 4.81. The molecule has 0 saturated heterocycles. The number of H-pyrrole nitrogens is 1. The zero-order valence-electron chi connectivity index (χ0n) is 9.57. The van der Waals surface area contributed by atoms with Crippen LogP contribution in [0, 0.1) is 6.92 Å². The molecule has 2 aromatic heterocycles. The Kier molecular flexibility index (Phi) is 2.99. The van der Waals surface area contributed by atoms with Gasteiger partial charge in [-0.2, -0.15) is 5.10 Å². The van der Waals surface area contributed by atoms with Crippen molar-refractivity contribution in [2.75, 3.05) is 18.4 Å². The Morgan fingerprint density at radius 2 is 2.33 bits per heavy atom. The van der Waals surface area contributed by atoms with Crippen molar-refractivity contribution >= 4 is 11.5 Å². The van der Waals surface area contributed by atoms with Gasteiger partial charge in [0.25, 0.3) is 5.92 Å². The summed E-state index contributed by atoms with van der Waals surface area (Å²) in [6, 6.07) is 1.40. The molecule has 0 amide bonds. The number of nitrogens with zero attached hydrogens (tertiary/aromatic N) is 3. The topological polar surface area (TPSA) is 101 Å². The fraction of sp³-hybridized carbons (Fsp3) is 0.444. The molecule has 9 heteroatoms. The smallest absolute Gasteiger partial charge is 0.349 e. The number of aryl methyl sites for hydroxylation is 1. The van der Waals surface area contributed by atoms with Crippen LogP contribution >= 0.6 is 0 Å². The van der Waals surface area contributed by atoms with Gasteiger partial charge in [0.2, 0.25) is 0 Å². The second-order valence-corrected chi connectivity index (χ2v) is 3.82. The first kappa shape index (κ1) is 12.4. The van der Waals surface area contributed by atoms with E-state index in [1.165, 1.54) is 10.5 Å². The third kappa shape index (κ3) is 2.30. The van der Waals surface area contributed by atoms with Crippen LogP contribution < -0.4 is 16.7 Å². The lowest BCUT2D eigenvalue weighted by Crippen LogP contribution is -2.35. The highest BCUT2D eigenvalue weighted by Crippen LogP contribution is 2.13. The Bertz CT molecular complexity index is 619. The first-order valence-corrected chi connectivity index (χ1v) is 5.19. The van der Waals surface area contributed by atoms with Gasteiger partial charge in [0, 0.05) is 6.07 Å². The van der Waals surface area contributed by atoms with Gasteiger partial charge >= 0.3 is 5.69 Å². The van der Waals surface area contributed by atoms with Crippen LogP contribution in [0.3, 0.4) is 0 Å². The van der Waals surface area contributed by atoms with E-state index in [1.54, 1.807) is 6.92 Å². The quantitative estimate of drug-likeness (QED) is 0.701. The number of alkyl halides is 2. The van der Waals surface area contributed by atoms with Crippen molar-refractivity contribution in [2.24, 2.45) is 5.73 Å². The molecular formula is C9H12F2N6O. The van der Waals surface area contributed by atoms with E-state index < -0.39 is 24.7 Å². The molecule has 0 unspecified atom stereocenters. The van der Waals surface area contributed by atoms with Crippen molar-refractivity contribution in [1.29, 1.82) is 0 Å². The summed E-state index contributed by atoms with van der Waals surface area (Å²) in [6.45, 7) is 0.208. The van der Waals surface area contributed by atoms with Crippen molar-refractivity contribution < 1.29 is 8.78 Å². The Morgan fingerprint density at radius 1 is 1.61 bits per heavy atom. The van der Waals surface area contributed by atoms with Crippen LogP contribution in [0.1, 0.15) is 5.82 Å². The molecule has 7 nitrogen and oxygen atoms in total. The number of anilines is 1. The fourth-order valence-corrected chi connectivity index (χ4v) is 1.48. The monoisotopic (exact) mass is 258 g/mol. The summed E-state index contributed by atoms with van der Waals surface area (Å²) < 4.78 is 27.2. The standard InChI is InChI=1S/C9H12F2N6O/c1-5-14-6(13-4-9(10,11)3-12)2-7-15-16-8(18)17(5)7/h2,13H,3-4,12H2,1H3,(H,16,18). The summed E-state index contributed by atoms with van der Waals surface area (Å²) in [7, 11) is 0. The molecule has 0 radical (unpaired) electrons. The van der Waals surface area contributed by atoms with Gasteiger partial charge in [-0.05, 0) is 6.92 Å². The van der Waals surface area contributed by atoms with Gasteiger partial charge in [0.05, 0.1) is 13.1 Å². The van der Waals surface area contributed by atoms with Crippen molar-refractivity contribution in [2.45, 2.75) is 12.8 Å². The minimum Gasteiger partial charge on any atom is -0.364 e. The molecule has 18 heavy (non-hydrogen) atoms. The Balaban J connectivity index is 2.28. The first-order chi connectivity index (χ1) is 8.43. The van der Waals surface area contributed by atoms with Crippen LogP contribution in [0.4, 0.5) is 14.6 Å². The van der Waals surface area contributed by atoms with E-state index in [0.29, 0.717) is 11.5 Å². The minimum atomic E-state index is -3.01. The van der Waals surface area contributed by atoms with Gasteiger partial charge in [-0.1, -0.05) is 0 Å². The van der Waals surface area contributed by atoms with E-state index in [4.69, 9.17) is 5.73 Å². The maximum absolute atomic E-state index is 13.0. The lowest BCUT2D eigenvalue weighted by molar-refractivity contribution is 0.0253. The predicted molar refractivity (Wildman–Crippen MR) is 60.8 cm³/mol. The van der Waals surface area contributed by atoms with Gasteiger partial charge in [-0.15, -0.1) is 0 Å². The van der Waals surface area contributed by atoms with Crippen molar-refractivity contribution in [3.63, 3.8) is 0 Å². The molecule has 0 aromatic carbocycles. The average molecular weight is 258 g/mol. The Morgan fingerprint density at radius 3 is 3.00 bits per heavy atom. The SMILES string of the molecule is Cc1nc(NCC(F)(F)CN)cc2n[nH]c(=O)n12. The largest absolute Gasteiger partial charge is 0.364 e. The Hall–Kier alpha value is -2.03. The number of hydrogen-bond donors (Lipinski definition) is 3. The maximum Gasteiger partial charge on any atom is 0.349 e.